The number of aryl methyl sites for hydroxylation is 1. The minimum absolute atomic E-state index is 0. The molecule has 0 fully saturated rings. The van der Waals surface area contributed by atoms with Gasteiger partial charge in [-0.15, -0.1) is 0 Å². The summed E-state index contributed by atoms with van der Waals surface area (Å²) in [5, 5.41) is 0. The Kier molecular flexibility index (Phi) is 6.50. The van der Waals surface area contributed by atoms with Crippen LogP contribution in [-0.2, 0) is 7.05 Å². The number of hydrogen-bond donors (Lipinski definition) is 1. The van der Waals surface area contributed by atoms with Gasteiger partial charge in [0.2, 0.25) is 0 Å². The van der Waals surface area contributed by atoms with Gasteiger partial charge in [-0.25, -0.2) is 4.98 Å². The molecule has 0 bridgehead atoms. The molecular weight excluding hydrogens is 266 g/mol. The fourth-order valence-corrected chi connectivity index (χ4v) is 1.03. The van der Waals surface area contributed by atoms with E-state index in [0.717, 1.165) is 0 Å². The van der Waals surface area contributed by atoms with Crippen molar-refractivity contribution in [2.45, 2.75) is 13.8 Å². The molecule has 0 atom stereocenters. The van der Waals surface area contributed by atoms with Gasteiger partial charge in [-0.3, -0.25) is 0 Å². The van der Waals surface area contributed by atoms with E-state index in [1.807, 2.05) is 13.8 Å². The number of nitrogens with two attached hydrogens (primary N) is 1. The van der Waals surface area contributed by atoms with Crippen molar-refractivity contribution in [2.75, 3.05) is 5.73 Å². The maximum Gasteiger partial charge on any atom is 1.00 e. The Morgan fingerprint density at radius 3 is 2.53 bits per heavy atom. The molecule has 0 saturated carbocycles. The topological polar surface area (TPSA) is 93.4 Å². The van der Waals surface area contributed by atoms with Crippen LogP contribution in [0.15, 0.2) is 6.33 Å². The van der Waals surface area contributed by atoms with Gasteiger partial charge in [0, 0.05) is 13.0 Å². The third-order valence-corrected chi connectivity index (χ3v) is 1.59. The Bertz CT molecular complexity index is 438. The molecule has 76 valence electrons. The summed E-state index contributed by atoms with van der Waals surface area (Å²) < 4.78 is 1.70. The second-order valence-corrected chi connectivity index (χ2v) is 2.46. The van der Waals surface area contributed by atoms with Gasteiger partial charge in [-0.2, -0.15) is 0 Å². The van der Waals surface area contributed by atoms with E-state index in [2.05, 4.69) is 15.0 Å². The molecule has 0 spiro atoms. The zero-order chi connectivity index (χ0) is 10.7. The normalized spacial score (nSPS) is 9.00. The first-order valence-corrected chi connectivity index (χ1v) is 4.34. The van der Waals surface area contributed by atoms with Crippen LogP contribution in [0.3, 0.4) is 0 Å². The molecule has 15 heavy (non-hydrogen) atoms. The Morgan fingerprint density at radius 1 is 1.33 bits per heavy atom. The molecule has 2 aromatic rings. The predicted octanol–water partition coefficient (Wildman–Crippen LogP) is -1.34. The fourth-order valence-electron chi connectivity index (χ4n) is 1.03. The summed E-state index contributed by atoms with van der Waals surface area (Å²) in [4.78, 5) is 11.5. The molecule has 0 amide bonds. The second-order valence-electron chi connectivity index (χ2n) is 2.46. The van der Waals surface area contributed by atoms with E-state index in [9.17, 15) is 0 Å². The number of fused-ring (bicyclic) bond motifs is 1. The molecule has 0 saturated heterocycles. The maximum atomic E-state index is 7.21. The first-order chi connectivity index (χ1) is 6.68. The van der Waals surface area contributed by atoms with Gasteiger partial charge in [-0.05, 0) is 0 Å². The van der Waals surface area contributed by atoms with Crippen LogP contribution in [0, 0.1) is 0 Å². The smallest absolute Gasteiger partial charge is 0.410 e. The Labute approximate surface area is 137 Å². The summed E-state index contributed by atoms with van der Waals surface area (Å²) in [6.45, 7) is 4.00. The van der Waals surface area contributed by atoms with Crippen molar-refractivity contribution in [1.82, 2.24) is 19.5 Å². The number of nitrogen functional groups attached to an aromatic ring is 1. The fraction of sp³-hybridized carbons (Fsp3) is 0.375. The zero-order valence-electron chi connectivity index (χ0n) is 9.44. The van der Waals surface area contributed by atoms with Crippen LogP contribution in [0.5, 0.6) is 0 Å². The van der Waals surface area contributed by atoms with Crippen LogP contribution in [0.2, 0.25) is 0 Å². The Balaban J connectivity index is 0.000000617. The van der Waals surface area contributed by atoms with Crippen LogP contribution in [0.4, 0.5) is 11.8 Å². The number of rotatable bonds is 0. The largest absolute Gasteiger partial charge is 1.00 e. The number of aromatic nitrogens is 4. The van der Waals surface area contributed by atoms with Crippen molar-refractivity contribution in [3.8, 4) is 0 Å². The third kappa shape index (κ3) is 3.20. The molecule has 6 nitrogen and oxygen atoms in total. The van der Waals surface area contributed by atoms with E-state index in [-0.39, 0.29) is 70.0 Å². The summed E-state index contributed by atoms with van der Waals surface area (Å²) >= 11 is 0. The van der Waals surface area contributed by atoms with Gasteiger partial charge in [-0.1, -0.05) is 13.8 Å². The summed E-state index contributed by atoms with van der Waals surface area (Å²) in [6.07, 6.45) is 1.59. The van der Waals surface area contributed by atoms with Crippen LogP contribution in [0.25, 0.3) is 16.9 Å². The summed E-state index contributed by atoms with van der Waals surface area (Å²) in [5.74, 6) is 0.175. The average molecular weight is 279 g/mol. The van der Waals surface area contributed by atoms with Crippen LogP contribution in [-0.4, -0.2) is 19.5 Å². The van der Waals surface area contributed by atoms with E-state index < -0.39 is 0 Å². The van der Waals surface area contributed by atoms with Crippen molar-refractivity contribution in [2.24, 2.45) is 7.05 Å². The molecule has 2 aromatic heterocycles. The number of imidazole rings is 1. The van der Waals surface area contributed by atoms with Gasteiger partial charge < -0.3 is 26.0 Å². The molecule has 0 radical (unpaired) electrons. The molecule has 7 heteroatoms. The molecule has 0 aliphatic rings. The van der Waals surface area contributed by atoms with Gasteiger partial charge >= 0.3 is 58.2 Å². The zero-order valence-corrected chi connectivity index (χ0v) is 14.4. The monoisotopic (exact) mass is 278 g/mol. The molecule has 0 aliphatic carbocycles. The molecule has 0 aliphatic heterocycles. The summed E-state index contributed by atoms with van der Waals surface area (Å²) in [7, 11) is 1.79. The first-order valence-electron chi connectivity index (χ1n) is 4.34. The maximum absolute atomic E-state index is 7.21. The summed E-state index contributed by atoms with van der Waals surface area (Å²) in [5.41, 5.74) is 13.9. The van der Waals surface area contributed by atoms with E-state index in [1.165, 1.54) is 0 Å². The van der Waals surface area contributed by atoms with Gasteiger partial charge in [0.25, 0.3) is 0 Å². The van der Waals surface area contributed by atoms with E-state index in [0.29, 0.717) is 11.2 Å². The van der Waals surface area contributed by atoms with Crippen LogP contribution in [0.1, 0.15) is 13.8 Å². The first kappa shape index (κ1) is 15.0. The number of anilines is 1. The molecule has 0 unspecified atom stereocenters. The Morgan fingerprint density at radius 2 is 1.93 bits per heavy atom. The quantitative estimate of drug-likeness (QED) is 0.645. The van der Waals surface area contributed by atoms with Crippen LogP contribution >= 0.6 is 0 Å². The number of nitrogens with one attached hydrogen (secondary N) is 1. The molecule has 3 N–H and O–H groups in total. The van der Waals surface area contributed by atoms with Crippen molar-refractivity contribution in [3.05, 3.63) is 12.1 Å². The van der Waals surface area contributed by atoms with Gasteiger partial charge in [0.1, 0.15) is 5.52 Å². The SMILES string of the molecule is CC.Cn1cnc2c(N)nc([NH-])nc21.[Rb+]. The van der Waals surface area contributed by atoms with Gasteiger partial charge in [0.05, 0.1) is 17.8 Å². The van der Waals surface area contributed by atoms with Gasteiger partial charge in [0.15, 0.2) is 0 Å². The minimum Gasteiger partial charge on any atom is -0.410 e. The Hall–Kier alpha value is -0.0448. The predicted molar refractivity (Wildman–Crippen MR) is 56.0 cm³/mol. The van der Waals surface area contributed by atoms with E-state index in [1.54, 1.807) is 17.9 Å². The minimum atomic E-state index is -0.0800. The van der Waals surface area contributed by atoms with E-state index >= 15 is 0 Å². The molecule has 2 rings (SSSR count). The molecule has 2 heterocycles. The standard InChI is InChI=1S/C6H7N6.C2H6.Rb/c1-12-2-9-3-4(7)10-6(8)11-5(3)12;1-2;/h2H,1H3,(H3-,7,8,10,11);1-2H3;/q-1;;+1. The van der Waals surface area contributed by atoms with Crippen molar-refractivity contribution >= 4 is 22.9 Å². The number of nitrogens with zero attached hydrogens (tertiary/aromatic N) is 4. The number of hydrogen-bond acceptors (Lipinski definition) is 4. The van der Waals surface area contributed by atoms with Crippen LogP contribution < -0.4 is 63.9 Å². The van der Waals surface area contributed by atoms with Crippen molar-refractivity contribution < 1.29 is 58.2 Å². The summed E-state index contributed by atoms with van der Waals surface area (Å²) in [6, 6.07) is 0. The van der Waals surface area contributed by atoms with Crippen molar-refractivity contribution in [1.29, 1.82) is 0 Å². The third-order valence-electron chi connectivity index (χ3n) is 1.59. The average Bonchev–Trinajstić information content (AvgIpc) is 2.52. The molecule has 0 aromatic carbocycles. The van der Waals surface area contributed by atoms with E-state index in [4.69, 9.17) is 11.5 Å². The molecular formula is C8H13N6Rb. The second kappa shape index (κ2) is 6.52. The van der Waals surface area contributed by atoms with Crippen molar-refractivity contribution in [3.63, 3.8) is 0 Å².